The molecule has 0 aliphatic heterocycles. The summed E-state index contributed by atoms with van der Waals surface area (Å²) in [4.78, 5) is 0. The van der Waals surface area contributed by atoms with Crippen LogP contribution in [0.5, 0.6) is 0 Å². The van der Waals surface area contributed by atoms with Gasteiger partial charge in [0.1, 0.15) is 6.10 Å². The standard InChI is InChI=1S/C12H24O3/c1-2-3-4-5-6-7-8-9-15-11-12(14)10-13/h7-8,12-14H,2-6,9-11H2,1H3/b8-7+. The van der Waals surface area contributed by atoms with Gasteiger partial charge >= 0.3 is 0 Å². The largest absolute Gasteiger partial charge is 0.394 e. The third-order valence-electron chi connectivity index (χ3n) is 2.13. The minimum absolute atomic E-state index is 0.205. The first-order valence-corrected chi connectivity index (χ1v) is 5.83. The van der Waals surface area contributed by atoms with E-state index in [1.165, 1.54) is 25.7 Å². The lowest BCUT2D eigenvalue weighted by Gasteiger charge is -2.05. The lowest BCUT2D eigenvalue weighted by Crippen LogP contribution is -2.19. The minimum atomic E-state index is -0.747. The fourth-order valence-corrected chi connectivity index (χ4v) is 1.20. The number of hydrogen-bond donors (Lipinski definition) is 2. The van der Waals surface area contributed by atoms with Crippen molar-refractivity contribution in [3.8, 4) is 0 Å². The SMILES string of the molecule is CCCCCC/C=C/COCC(O)CO. The van der Waals surface area contributed by atoms with E-state index in [-0.39, 0.29) is 13.2 Å². The van der Waals surface area contributed by atoms with Gasteiger partial charge < -0.3 is 14.9 Å². The summed E-state index contributed by atoms with van der Waals surface area (Å²) in [5.41, 5.74) is 0. The van der Waals surface area contributed by atoms with Gasteiger partial charge in [0, 0.05) is 0 Å². The van der Waals surface area contributed by atoms with Crippen LogP contribution in [0.1, 0.15) is 39.0 Å². The van der Waals surface area contributed by atoms with E-state index in [4.69, 9.17) is 14.9 Å². The number of aliphatic hydroxyl groups is 2. The summed E-state index contributed by atoms with van der Waals surface area (Å²) in [6.45, 7) is 2.69. The molecule has 1 atom stereocenters. The van der Waals surface area contributed by atoms with Crippen LogP contribution in [0.15, 0.2) is 12.2 Å². The second-order valence-corrected chi connectivity index (χ2v) is 3.69. The molecular formula is C12H24O3. The third kappa shape index (κ3) is 11.5. The Hall–Kier alpha value is -0.380. The summed E-state index contributed by atoms with van der Waals surface area (Å²) in [5, 5.41) is 17.5. The zero-order valence-corrected chi connectivity index (χ0v) is 9.69. The van der Waals surface area contributed by atoms with Crippen molar-refractivity contribution in [1.82, 2.24) is 0 Å². The highest BCUT2D eigenvalue weighted by molar-refractivity contribution is 4.81. The van der Waals surface area contributed by atoms with Crippen LogP contribution in [0, 0.1) is 0 Å². The summed E-state index contributed by atoms with van der Waals surface area (Å²) in [6.07, 6.45) is 9.55. The van der Waals surface area contributed by atoms with Crippen molar-refractivity contribution >= 4 is 0 Å². The van der Waals surface area contributed by atoms with E-state index >= 15 is 0 Å². The second-order valence-electron chi connectivity index (χ2n) is 3.69. The first-order valence-electron chi connectivity index (χ1n) is 5.83. The summed E-state index contributed by atoms with van der Waals surface area (Å²) >= 11 is 0. The highest BCUT2D eigenvalue weighted by Gasteiger charge is 1.98. The summed E-state index contributed by atoms with van der Waals surface area (Å²) in [5.74, 6) is 0. The molecule has 0 aliphatic carbocycles. The van der Waals surface area contributed by atoms with E-state index in [1.807, 2.05) is 6.08 Å². The van der Waals surface area contributed by atoms with Gasteiger partial charge in [0.2, 0.25) is 0 Å². The molecule has 0 saturated carbocycles. The Morgan fingerprint density at radius 1 is 1.20 bits per heavy atom. The fourth-order valence-electron chi connectivity index (χ4n) is 1.20. The predicted molar refractivity (Wildman–Crippen MR) is 61.8 cm³/mol. The van der Waals surface area contributed by atoms with Gasteiger partial charge in [0.05, 0.1) is 19.8 Å². The van der Waals surface area contributed by atoms with Crippen LogP contribution in [-0.2, 0) is 4.74 Å². The van der Waals surface area contributed by atoms with E-state index in [9.17, 15) is 0 Å². The number of aliphatic hydroxyl groups excluding tert-OH is 2. The van der Waals surface area contributed by atoms with E-state index in [0.717, 1.165) is 6.42 Å². The Balaban J connectivity index is 3.10. The predicted octanol–water partition coefficient (Wildman–Crippen LogP) is 1.88. The highest BCUT2D eigenvalue weighted by Crippen LogP contribution is 2.02. The van der Waals surface area contributed by atoms with Gasteiger partial charge in [-0.3, -0.25) is 0 Å². The Labute approximate surface area is 92.8 Å². The average molecular weight is 216 g/mol. The average Bonchev–Trinajstić information content (AvgIpc) is 2.26. The van der Waals surface area contributed by atoms with Gasteiger partial charge in [-0.25, -0.2) is 0 Å². The van der Waals surface area contributed by atoms with E-state index in [0.29, 0.717) is 6.61 Å². The molecule has 2 N–H and O–H groups in total. The Morgan fingerprint density at radius 3 is 2.67 bits per heavy atom. The smallest absolute Gasteiger partial charge is 0.100 e. The zero-order valence-electron chi connectivity index (χ0n) is 9.69. The van der Waals surface area contributed by atoms with Gasteiger partial charge in [-0.2, -0.15) is 0 Å². The molecule has 0 spiro atoms. The zero-order chi connectivity index (χ0) is 11.4. The van der Waals surface area contributed by atoms with Crippen molar-refractivity contribution in [2.24, 2.45) is 0 Å². The lowest BCUT2D eigenvalue weighted by atomic mass is 10.1. The van der Waals surface area contributed by atoms with Crippen LogP contribution in [-0.4, -0.2) is 36.1 Å². The number of rotatable bonds is 10. The van der Waals surface area contributed by atoms with Crippen LogP contribution in [0.4, 0.5) is 0 Å². The molecule has 3 nitrogen and oxygen atoms in total. The maximum atomic E-state index is 8.96. The molecule has 0 saturated heterocycles. The van der Waals surface area contributed by atoms with Crippen molar-refractivity contribution in [2.45, 2.75) is 45.1 Å². The van der Waals surface area contributed by atoms with Crippen molar-refractivity contribution in [3.63, 3.8) is 0 Å². The maximum Gasteiger partial charge on any atom is 0.100 e. The molecule has 0 aromatic carbocycles. The molecule has 0 bridgehead atoms. The molecule has 0 aliphatic rings. The number of hydrogen-bond acceptors (Lipinski definition) is 3. The molecule has 0 heterocycles. The quantitative estimate of drug-likeness (QED) is 0.433. The molecule has 3 heteroatoms. The van der Waals surface area contributed by atoms with Gasteiger partial charge in [-0.1, -0.05) is 38.3 Å². The highest BCUT2D eigenvalue weighted by atomic mass is 16.5. The Morgan fingerprint density at radius 2 is 2.00 bits per heavy atom. The van der Waals surface area contributed by atoms with Gasteiger partial charge in [-0.05, 0) is 12.8 Å². The van der Waals surface area contributed by atoms with Crippen LogP contribution < -0.4 is 0 Å². The summed E-state index contributed by atoms with van der Waals surface area (Å²) in [6, 6.07) is 0. The normalized spacial score (nSPS) is 13.5. The third-order valence-corrected chi connectivity index (χ3v) is 2.13. The van der Waals surface area contributed by atoms with Gasteiger partial charge in [0.25, 0.3) is 0 Å². The molecule has 0 aromatic heterocycles. The van der Waals surface area contributed by atoms with E-state index in [2.05, 4.69) is 13.0 Å². The number of allylic oxidation sites excluding steroid dienone is 1. The van der Waals surface area contributed by atoms with E-state index < -0.39 is 6.10 Å². The Bertz CT molecular complexity index is 146. The van der Waals surface area contributed by atoms with Crippen LogP contribution in [0.25, 0.3) is 0 Å². The van der Waals surface area contributed by atoms with Crippen molar-refractivity contribution < 1.29 is 14.9 Å². The molecular weight excluding hydrogens is 192 g/mol. The van der Waals surface area contributed by atoms with E-state index in [1.54, 1.807) is 0 Å². The monoisotopic (exact) mass is 216 g/mol. The van der Waals surface area contributed by atoms with Crippen LogP contribution in [0.2, 0.25) is 0 Å². The first kappa shape index (κ1) is 14.6. The molecule has 0 aromatic rings. The molecule has 0 amide bonds. The van der Waals surface area contributed by atoms with Crippen LogP contribution >= 0.6 is 0 Å². The molecule has 90 valence electrons. The molecule has 1 unspecified atom stereocenters. The summed E-state index contributed by atoms with van der Waals surface area (Å²) < 4.78 is 5.12. The first-order chi connectivity index (χ1) is 7.31. The number of unbranched alkanes of at least 4 members (excludes halogenated alkanes) is 4. The molecule has 0 fully saturated rings. The number of ether oxygens (including phenoxy) is 1. The molecule has 0 rings (SSSR count). The van der Waals surface area contributed by atoms with Crippen molar-refractivity contribution in [2.75, 3.05) is 19.8 Å². The minimum Gasteiger partial charge on any atom is -0.394 e. The topological polar surface area (TPSA) is 49.7 Å². The molecule has 15 heavy (non-hydrogen) atoms. The lowest BCUT2D eigenvalue weighted by molar-refractivity contribution is 0.0149. The maximum absolute atomic E-state index is 8.96. The van der Waals surface area contributed by atoms with Gasteiger partial charge in [-0.15, -0.1) is 0 Å². The van der Waals surface area contributed by atoms with Gasteiger partial charge in [0.15, 0.2) is 0 Å². The fraction of sp³-hybridized carbons (Fsp3) is 0.833. The molecule has 0 radical (unpaired) electrons. The summed E-state index contributed by atoms with van der Waals surface area (Å²) in [7, 11) is 0. The second kappa shape index (κ2) is 11.7. The Kier molecular flexibility index (Phi) is 11.4. The van der Waals surface area contributed by atoms with Crippen molar-refractivity contribution in [1.29, 1.82) is 0 Å². The van der Waals surface area contributed by atoms with Crippen molar-refractivity contribution in [3.05, 3.63) is 12.2 Å². The van der Waals surface area contributed by atoms with Crippen LogP contribution in [0.3, 0.4) is 0 Å².